The van der Waals surface area contributed by atoms with E-state index < -0.39 is 0 Å². The van der Waals surface area contributed by atoms with Crippen molar-refractivity contribution in [1.82, 2.24) is 10.4 Å². The van der Waals surface area contributed by atoms with Crippen LogP contribution in [0.25, 0.3) is 0 Å². The van der Waals surface area contributed by atoms with E-state index in [0.717, 1.165) is 20.6 Å². The standard InChI is InChI=1S/C14H12ClN3O2S3/c1-3-17-9-6-8(15)4-5-10(9)22-13(17)11-12(20)18(14(21)23-11)16-7(2)19/h4-6H,3H2,1-2H3,(H,16,19)/b13-11-. The molecular weight excluding hydrogens is 374 g/mol. The highest BCUT2D eigenvalue weighted by molar-refractivity contribution is 8.27. The molecule has 0 spiro atoms. The SMILES string of the molecule is CCN1/C(=C2/SC(=S)N(NC(C)=O)C2=O)Sc2ccc(Cl)cc21. The summed E-state index contributed by atoms with van der Waals surface area (Å²) >= 11 is 14.0. The number of thioether (sulfide) groups is 2. The Kier molecular flexibility index (Phi) is 4.59. The Hall–Kier alpha value is -1.22. The minimum atomic E-state index is -0.339. The third-order valence-electron chi connectivity index (χ3n) is 3.21. The van der Waals surface area contributed by atoms with Gasteiger partial charge >= 0.3 is 0 Å². The number of carbonyl (C=O) groups excluding carboxylic acids is 2. The van der Waals surface area contributed by atoms with Crippen molar-refractivity contribution < 1.29 is 9.59 Å². The number of thiocarbonyl (C=S) groups is 1. The number of nitrogens with zero attached hydrogens (tertiary/aromatic N) is 2. The topological polar surface area (TPSA) is 52.6 Å². The molecule has 23 heavy (non-hydrogen) atoms. The number of benzene rings is 1. The van der Waals surface area contributed by atoms with Crippen LogP contribution in [0.3, 0.4) is 0 Å². The van der Waals surface area contributed by atoms with Crippen LogP contribution < -0.4 is 10.3 Å². The molecule has 0 aromatic heterocycles. The molecule has 2 aliphatic rings. The van der Waals surface area contributed by atoms with Gasteiger partial charge in [0, 0.05) is 23.4 Å². The third-order valence-corrected chi connectivity index (χ3v) is 6.12. The first-order chi connectivity index (χ1) is 10.9. The fraction of sp³-hybridized carbons (Fsp3) is 0.214. The number of carbonyl (C=O) groups is 2. The molecule has 3 rings (SSSR count). The summed E-state index contributed by atoms with van der Waals surface area (Å²) < 4.78 is 0.318. The average molecular weight is 386 g/mol. The van der Waals surface area contributed by atoms with E-state index in [1.54, 1.807) is 0 Å². The largest absolute Gasteiger partial charge is 0.334 e. The molecular formula is C14H12ClN3O2S3. The molecule has 2 aliphatic heterocycles. The van der Waals surface area contributed by atoms with E-state index in [9.17, 15) is 9.59 Å². The maximum absolute atomic E-state index is 12.6. The number of fused-ring (bicyclic) bond motifs is 1. The second-order valence-corrected chi connectivity index (χ2v) is 7.88. The van der Waals surface area contributed by atoms with E-state index in [4.69, 9.17) is 23.8 Å². The average Bonchev–Trinajstić information content (AvgIpc) is 2.98. The summed E-state index contributed by atoms with van der Waals surface area (Å²) in [6, 6.07) is 5.65. The van der Waals surface area contributed by atoms with Gasteiger partial charge in [-0.1, -0.05) is 23.4 Å². The van der Waals surface area contributed by atoms with Crippen molar-refractivity contribution in [3.63, 3.8) is 0 Å². The molecule has 0 atom stereocenters. The number of rotatable bonds is 2. The lowest BCUT2D eigenvalue weighted by atomic mass is 10.3. The number of amides is 2. The fourth-order valence-corrected chi connectivity index (χ4v) is 4.99. The molecule has 0 aliphatic carbocycles. The highest BCUT2D eigenvalue weighted by atomic mass is 35.5. The Morgan fingerprint density at radius 3 is 2.78 bits per heavy atom. The second-order valence-electron chi connectivity index (χ2n) is 4.77. The summed E-state index contributed by atoms with van der Waals surface area (Å²) in [5.74, 6) is -0.649. The second kappa shape index (κ2) is 6.35. The zero-order valence-electron chi connectivity index (χ0n) is 12.3. The van der Waals surface area contributed by atoms with Crippen LogP contribution in [-0.2, 0) is 9.59 Å². The minimum Gasteiger partial charge on any atom is -0.334 e. The molecule has 1 aromatic carbocycles. The number of hydrogen-bond acceptors (Lipinski definition) is 6. The molecule has 1 N–H and O–H groups in total. The molecule has 0 radical (unpaired) electrons. The maximum Gasteiger partial charge on any atom is 0.287 e. The van der Waals surface area contributed by atoms with Gasteiger partial charge in [-0.15, -0.1) is 0 Å². The zero-order chi connectivity index (χ0) is 16.7. The Labute approximate surface area is 152 Å². The fourth-order valence-electron chi connectivity index (χ4n) is 2.29. The molecule has 0 saturated carbocycles. The van der Waals surface area contributed by atoms with Gasteiger partial charge in [-0.3, -0.25) is 15.0 Å². The molecule has 1 aromatic rings. The molecule has 120 valence electrons. The van der Waals surface area contributed by atoms with Gasteiger partial charge in [0.25, 0.3) is 5.91 Å². The number of hydrazine groups is 1. The van der Waals surface area contributed by atoms with Crippen LogP contribution in [0.2, 0.25) is 5.02 Å². The molecule has 5 nitrogen and oxygen atoms in total. The zero-order valence-corrected chi connectivity index (χ0v) is 15.5. The van der Waals surface area contributed by atoms with Crippen LogP contribution in [0.5, 0.6) is 0 Å². The van der Waals surface area contributed by atoms with E-state index in [2.05, 4.69) is 5.43 Å². The Balaban J connectivity index is 2.01. The number of nitrogens with one attached hydrogen (secondary N) is 1. The predicted octanol–water partition coefficient (Wildman–Crippen LogP) is 3.35. The summed E-state index contributed by atoms with van der Waals surface area (Å²) in [4.78, 5) is 27.4. The summed E-state index contributed by atoms with van der Waals surface area (Å²) in [6.07, 6.45) is 0. The molecule has 1 saturated heterocycles. The van der Waals surface area contributed by atoms with Crippen molar-refractivity contribution in [1.29, 1.82) is 0 Å². The smallest absolute Gasteiger partial charge is 0.287 e. The van der Waals surface area contributed by atoms with Crippen LogP contribution in [0, 0.1) is 0 Å². The van der Waals surface area contributed by atoms with Crippen molar-refractivity contribution in [2.24, 2.45) is 0 Å². The Morgan fingerprint density at radius 2 is 2.13 bits per heavy atom. The summed E-state index contributed by atoms with van der Waals surface area (Å²) in [5.41, 5.74) is 3.43. The first-order valence-corrected chi connectivity index (χ1v) is 9.17. The van der Waals surface area contributed by atoms with Gasteiger partial charge in [-0.05, 0) is 49.1 Å². The molecule has 9 heteroatoms. The third kappa shape index (κ3) is 2.96. The summed E-state index contributed by atoms with van der Waals surface area (Å²) in [5, 5.41) is 2.58. The summed E-state index contributed by atoms with van der Waals surface area (Å²) in [6.45, 7) is 4.04. The van der Waals surface area contributed by atoms with Crippen LogP contribution in [0.1, 0.15) is 13.8 Å². The highest BCUT2D eigenvalue weighted by Gasteiger charge is 2.39. The van der Waals surface area contributed by atoms with E-state index in [0.29, 0.717) is 20.8 Å². The van der Waals surface area contributed by atoms with Gasteiger partial charge < -0.3 is 4.90 Å². The molecule has 0 bridgehead atoms. The Morgan fingerprint density at radius 1 is 1.39 bits per heavy atom. The van der Waals surface area contributed by atoms with E-state index >= 15 is 0 Å². The summed E-state index contributed by atoms with van der Waals surface area (Å²) in [7, 11) is 0. The molecule has 2 heterocycles. The lowest BCUT2D eigenvalue weighted by Crippen LogP contribution is -2.43. The molecule has 1 fully saturated rings. The van der Waals surface area contributed by atoms with Crippen LogP contribution >= 0.6 is 47.3 Å². The van der Waals surface area contributed by atoms with Gasteiger partial charge in [0.15, 0.2) is 4.32 Å². The van der Waals surface area contributed by atoms with Crippen LogP contribution in [0.15, 0.2) is 33.0 Å². The normalized spacial score (nSPS) is 20.3. The molecule has 2 amide bonds. The van der Waals surface area contributed by atoms with Gasteiger partial charge in [0.1, 0.15) is 9.93 Å². The highest BCUT2D eigenvalue weighted by Crippen LogP contribution is 2.50. The minimum absolute atomic E-state index is 0.310. The van der Waals surface area contributed by atoms with Gasteiger partial charge in [0.2, 0.25) is 5.91 Å². The van der Waals surface area contributed by atoms with Crippen LogP contribution in [-0.4, -0.2) is 27.7 Å². The lowest BCUT2D eigenvalue weighted by Gasteiger charge is -2.19. The van der Waals surface area contributed by atoms with Crippen molar-refractivity contribution in [3.05, 3.63) is 33.2 Å². The van der Waals surface area contributed by atoms with Gasteiger partial charge in [-0.25, -0.2) is 0 Å². The van der Waals surface area contributed by atoms with E-state index in [-0.39, 0.29) is 11.8 Å². The van der Waals surface area contributed by atoms with Crippen molar-refractivity contribution in [2.45, 2.75) is 18.7 Å². The first kappa shape index (κ1) is 16.6. The first-order valence-electron chi connectivity index (χ1n) is 6.75. The molecule has 0 unspecified atom stereocenters. The van der Waals surface area contributed by atoms with Crippen molar-refractivity contribution in [3.8, 4) is 0 Å². The van der Waals surface area contributed by atoms with Gasteiger partial charge in [0.05, 0.1) is 5.69 Å². The quantitative estimate of drug-likeness (QED) is 0.622. The van der Waals surface area contributed by atoms with Gasteiger partial charge in [-0.2, -0.15) is 5.01 Å². The maximum atomic E-state index is 12.6. The number of halogens is 1. The number of anilines is 1. The van der Waals surface area contributed by atoms with Crippen molar-refractivity contribution >= 4 is 69.2 Å². The predicted molar refractivity (Wildman–Crippen MR) is 98.2 cm³/mol. The van der Waals surface area contributed by atoms with E-state index in [1.807, 2.05) is 30.0 Å². The monoisotopic (exact) mass is 385 g/mol. The van der Waals surface area contributed by atoms with Crippen molar-refractivity contribution in [2.75, 3.05) is 11.4 Å². The number of hydrogen-bond donors (Lipinski definition) is 1. The van der Waals surface area contributed by atoms with E-state index in [1.165, 1.54) is 30.4 Å². The van der Waals surface area contributed by atoms with Crippen LogP contribution in [0.4, 0.5) is 5.69 Å². The lowest BCUT2D eigenvalue weighted by molar-refractivity contribution is -0.132. The Bertz CT molecular complexity index is 766.